The number of carbonyl (C=O) groups is 1. The zero-order valence-corrected chi connectivity index (χ0v) is 14.3. The molecule has 2 heterocycles. The van der Waals surface area contributed by atoms with Crippen molar-refractivity contribution in [3.63, 3.8) is 0 Å². The van der Waals surface area contributed by atoms with E-state index in [-0.39, 0.29) is 18.3 Å². The van der Waals surface area contributed by atoms with E-state index in [1.54, 1.807) is 11.9 Å². The van der Waals surface area contributed by atoms with Gasteiger partial charge < -0.3 is 10.2 Å². The lowest BCUT2D eigenvalue weighted by Gasteiger charge is -2.23. The van der Waals surface area contributed by atoms with E-state index in [1.807, 2.05) is 48.1 Å². The van der Waals surface area contributed by atoms with Gasteiger partial charge in [0.25, 0.3) is 5.91 Å². The molecule has 0 spiro atoms. The summed E-state index contributed by atoms with van der Waals surface area (Å²) in [6, 6.07) is 10.1. The van der Waals surface area contributed by atoms with Crippen LogP contribution in [0.5, 0.6) is 0 Å². The fourth-order valence-corrected chi connectivity index (χ4v) is 2.84. The van der Waals surface area contributed by atoms with Crippen LogP contribution in [0.15, 0.2) is 36.5 Å². The zero-order chi connectivity index (χ0) is 15.5. The minimum Gasteiger partial charge on any atom is -0.315 e. The van der Waals surface area contributed by atoms with Crippen molar-refractivity contribution in [2.75, 3.05) is 25.0 Å². The number of aromatic nitrogens is 2. The highest BCUT2D eigenvalue weighted by molar-refractivity contribution is 6.04. The molecule has 1 unspecified atom stereocenters. The molecule has 1 aliphatic heterocycles. The summed E-state index contributed by atoms with van der Waals surface area (Å²) in [6.45, 7) is 4.01. The number of carbonyl (C=O) groups excluding carboxylic acids is 1. The zero-order valence-electron chi connectivity index (χ0n) is 13.5. The second-order valence-electron chi connectivity index (χ2n) is 5.88. The van der Waals surface area contributed by atoms with Gasteiger partial charge in [0, 0.05) is 25.5 Å². The van der Waals surface area contributed by atoms with Gasteiger partial charge >= 0.3 is 0 Å². The van der Waals surface area contributed by atoms with E-state index in [4.69, 9.17) is 0 Å². The molecule has 1 saturated heterocycles. The highest BCUT2D eigenvalue weighted by Gasteiger charge is 2.20. The van der Waals surface area contributed by atoms with E-state index in [9.17, 15) is 4.79 Å². The summed E-state index contributed by atoms with van der Waals surface area (Å²) < 4.78 is 1.92. The first-order valence-corrected chi connectivity index (χ1v) is 7.76. The topological polar surface area (TPSA) is 50.2 Å². The van der Waals surface area contributed by atoms with Gasteiger partial charge in [-0.15, -0.1) is 12.4 Å². The molecule has 23 heavy (non-hydrogen) atoms. The molecule has 5 nitrogen and oxygen atoms in total. The van der Waals surface area contributed by atoms with Crippen LogP contribution in [0, 0.1) is 6.92 Å². The number of piperidine rings is 1. The van der Waals surface area contributed by atoms with Crippen LogP contribution in [0.4, 0.5) is 5.69 Å². The van der Waals surface area contributed by atoms with E-state index in [2.05, 4.69) is 10.4 Å². The molecule has 1 aliphatic rings. The molecule has 6 heteroatoms. The smallest absolute Gasteiger partial charge is 0.278 e. The van der Waals surface area contributed by atoms with Crippen LogP contribution >= 0.6 is 12.4 Å². The Morgan fingerprint density at radius 3 is 2.91 bits per heavy atom. The number of hydrogen-bond acceptors (Lipinski definition) is 3. The Morgan fingerprint density at radius 1 is 1.39 bits per heavy atom. The number of aryl methyl sites for hydroxylation is 1. The molecule has 0 radical (unpaired) electrons. The number of hydrogen-bond donors (Lipinski definition) is 1. The van der Waals surface area contributed by atoms with Crippen LogP contribution < -0.4 is 10.2 Å². The summed E-state index contributed by atoms with van der Waals surface area (Å²) in [5.74, 6) is -0.0758. The number of benzene rings is 1. The predicted molar refractivity (Wildman–Crippen MR) is 94.5 cm³/mol. The lowest BCUT2D eigenvalue weighted by Crippen LogP contribution is -2.32. The number of anilines is 1. The Morgan fingerprint density at radius 2 is 2.22 bits per heavy atom. The lowest BCUT2D eigenvalue weighted by molar-refractivity contribution is 0.0987. The van der Waals surface area contributed by atoms with Crippen LogP contribution in [-0.4, -0.2) is 35.8 Å². The minimum atomic E-state index is -0.0758. The summed E-state index contributed by atoms with van der Waals surface area (Å²) in [5, 5.41) is 7.86. The molecule has 1 fully saturated rings. The summed E-state index contributed by atoms with van der Waals surface area (Å²) in [6.07, 6.45) is 4.17. The Labute approximate surface area is 143 Å². The SMILES string of the molecule is Cc1cccc(N(C)C(=O)c2ccn(C3CCCNC3)n2)c1.Cl. The van der Waals surface area contributed by atoms with Gasteiger partial charge in [0.15, 0.2) is 5.69 Å². The molecule has 2 aromatic rings. The van der Waals surface area contributed by atoms with Crippen molar-refractivity contribution in [2.24, 2.45) is 0 Å². The van der Waals surface area contributed by atoms with Gasteiger partial charge in [-0.1, -0.05) is 12.1 Å². The van der Waals surface area contributed by atoms with E-state index in [0.717, 1.165) is 37.2 Å². The molecule has 0 bridgehead atoms. The Hall–Kier alpha value is -1.85. The monoisotopic (exact) mass is 334 g/mol. The maximum Gasteiger partial charge on any atom is 0.278 e. The maximum absolute atomic E-state index is 12.6. The molecule has 1 aromatic heterocycles. The number of nitrogens with one attached hydrogen (secondary N) is 1. The molecule has 124 valence electrons. The standard InChI is InChI=1S/C17H22N4O.ClH/c1-13-5-3-6-14(11-13)20(2)17(22)16-8-10-21(19-16)15-7-4-9-18-12-15;/h3,5-6,8,10-11,15,18H,4,7,9,12H2,1-2H3;1H. The van der Waals surface area contributed by atoms with E-state index >= 15 is 0 Å². The second-order valence-corrected chi connectivity index (χ2v) is 5.88. The van der Waals surface area contributed by atoms with E-state index < -0.39 is 0 Å². The van der Waals surface area contributed by atoms with Crippen LogP contribution in [0.1, 0.15) is 34.9 Å². The normalized spacial score (nSPS) is 17.4. The van der Waals surface area contributed by atoms with Gasteiger partial charge in [-0.2, -0.15) is 5.10 Å². The molecule has 0 aliphatic carbocycles. The first kappa shape index (κ1) is 17.5. The Kier molecular flexibility index (Phi) is 5.80. The third-order valence-corrected chi connectivity index (χ3v) is 4.17. The predicted octanol–water partition coefficient (Wildman–Crippen LogP) is 2.81. The first-order chi connectivity index (χ1) is 10.6. The fraction of sp³-hybridized carbons (Fsp3) is 0.412. The highest BCUT2D eigenvalue weighted by atomic mass is 35.5. The average molecular weight is 335 g/mol. The third kappa shape index (κ3) is 3.92. The maximum atomic E-state index is 12.6. The molecule has 3 rings (SSSR count). The lowest BCUT2D eigenvalue weighted by atomic mass is 10.1. The van der Waals surface area contributed by atoms with Crippen molar-refractivity contribution in [1.29, 1.82) is 0 Å². The van der Waals surface area contributed by atoms with Crippen LogP contribution in [0.2, 0.25) is 0 Å². The largest absolute Gasteiger partial charge is 0.315 e. The fourth-order valence-electron chi connectivity index (χ4n) is 2.84. The van der Waals surface area contributed by atoms with Crippen molar-refractivity contribution in [3.8, 4) is 0 Å². The van der Waals surface area contributed by atoms with Crippen molar-refractivity contribution in [3.05, 3.63) is 47.8 Å². The van der Waals surface area contributed by atoms with Crippen LogP contribution in [-0.2, 0) is 0 Å². The number of nitrogens with zero attached hydrogens (tertiary/aromatic N) is 3. The quantitative estimate of drug-likeness (QED) is 0.939. The molecule has 0 saturated carbocycles. The first-order valence-electron chi connectivity index (χ1n) is 7.76. The molecule has 1 aromatic carbocycles. The number of rotatable bonds is 3. The van der Waals surface area contributed by atoms with Gasteiger partial charge in [-0.05, 0) is 50.1 Å². The average Bonchev–Trinajstić information content (AvgIpc) is 3.04. The molecular formula is C17H23ClN4O. The van der Waals surface area contributed by atoms with Gasteiger partial charge in [-0.25, -0.2) is 0 Å². The van der Waals surface area contributed by atoms with Crippen molar-refractivity contribution < 1.29 is 4.79 Å². The third-order valence-electron chi connectivity index (χ3n) is 4.17. The number of amides is 1. The van der Waals surface area contributed by atoms with Crippen LogP contribution in [0.3, 0.4) is 0 Å². The van der Waals surface area contributed by atoms with Gasteiger partial charge in [-0.3, -0.25) is 9.48 Å². The molecule has 1 amide bonds. The van der Waals surface area contributed by atoms with Crippen LogP contribution in [0.25, 0.3) is 0 Å². The Balaban J connectivity index is 0.00000192. The van der Waals surface area contributed by atoms with Gasteiger partial charge in [0.1, 0.15) is 0 Å². The summed E-state index contributed by atoms with van der Waals surface area (Å²) >= 11 is 0. The van der Waals surface area contributed by atoms with E-state index in [1.165, 1.54) is 0 Å². The van der Waals surface area contributed by atoms with Crippen molar-refractivity contribution in [2.45, 2.75) is 25.8 Å². The van der Waals surface area contributed by atoms with Gasteiger partial charge in [0.2, 0.25) is 0 Å². The summed E-state index contributed by atoms with van der Waals surface area (Å²) in [7, 11) is 1.79. The summed E-state index contributed by atoms with van der Waals surface area (Å²) in [5.41, 5.74) is 2.52. The molecular weight excluding hydrogens is 312 g/mol. The minimum absolute atomic E-state index is 0. The van der Waals surface area contributed by atoms with E-state index in [0.29, 0.717) is 11.7 Å². The summed E-state index contributed by atoms with van der Waals surface area (Å²) in [4.78, 5) is 14.2. The van der Waals surface area contributed by atoms with Gasteiger partial charge in [0.05, 0.1) is 6.04 Å². The molecule has 1 N–H and O–H groups in total. The van der Waals surface area contributed by atoms with Crippen molar-refractivity contribution >= 4 is 24.0 Å². The second kappa shape index (κ2) is 7.62. The molecule has 1 atom stereocenters. The highest BCUT2D eigenvalue weighted by Crippen LogP contribution is 2.19. The number of halogens is 1. The van der Waals surface area contributed by atoms with Crippen molar-refractivity contribution in [1.82, 2.24) is 15.1 Å². The Bertz CT molecular complexity index is 664.